The van der Waals surface area contributed by atoms with Crippen LogP contribution in [0.15, 0.2) is 30.7 Å². The van der Waals surface area contributed by atoms with Gasteiger partial charge in [-0.15, -0.1) is 11.3 Å². The highest BCUT2D eigenvalue weighted by Crippen LogP contribution is 2.33. The van der Waals surface area contributed by atoms with Crippen molar-refractivity contribution in [3.63, 3.8) is 0 Å². The van der Waals surface area contributed by atoms with Crippen LogP contribution in [0.25, 0.3) is 11.3 Å². The minimum Gasteiger partial charge on any atom is -0.337 e. The number of carbonyl (C=O) groups is 1. The van der Waals surface area contributed by atoms with Crippen LogP contribution in [-0.4, -0.2) is 49.3 Å². The molecule has 0 radical (unpaired) electrons. The van der Waals surface area contributed by atoms with Gasteiger partial charge < -0.3 is 4.90 Å². The highest BCUT2D eigenvalue weighted by atomic mass is 35.5. The number of hydrogen-bond acceptors (Lipinski definition) is 6. The summed E-state index contributed by atoms with van der Waals surface area (Å²) in [5.41, 5.74) is 1.97. The van der Waals surface area contributed by atoms with Gasteiger partial charge >= 0.3 is 0 Å². The fourth-order valence-corrected chi connectivity index (χ4v) is 3.90. The Morgan fingerprint density at radius 1 is 1.38 bits per heavy atom. The quantitative estimate of drug-likeness (QED) is 0.775. The topological polar surface area (TPSA) is 87.7 Å². The van der Waals surface area contributed by atoms with Crippen LogP contribution in [0.1, 0.15) is 27.7 Å². The number of amides is 1. The van der Waals surface area contributed by atoms with E-state index in [4.69, 9.17) is 11.6 Å². The molecule has 0 spiro atoms. The number of aromatic nitrogens is 5. The summed E-state index contributed by atoms with van der Waals surface area (Å²) in [5.74, 6) is 0.250. The molecule has 1 unspecified atom stereocenters. The zero-order valence-electron chi connectivity index (χ0n) is 12.5. The lowest BCUT2D eigenvalue weighted by Gasteiger charge is -2.14. The second-order valence-corrected chi connectivity index (χ2v) is 7.19. The molecule has 122 valence electrons. The third-order valence-electron chi connectivity index (χ3n) is 4.06. The van der Waals surface area contributed by atoms with Crippen molar-refractivity contribution in [3.8, 4) is 11.3 Å². The van der Waals surface area contributed by atoms with Crippen LogP contribution in [0.3, 0.4) is 0 Å². The molecule has 0 aromatic carbocycles. The van der Waals surface area contributed by atoms with Gasteiger partial charge in [0.25, 0.3) is 5.91 Å². The molecular weight excluding hydrogens is 348 g/mol. The molecule has 3 aromatic heterocycles. The van der Waals surface area contributed by atoms with Gasteiger partial charge in [-0.1, -0.05) is 11.6 Å². The molecule has 1 aliphatic heterocycles. The molecule has 24 heavy (non-hydrogen) atoms. The third kappa shape index (κ3) is 2.90. The number of hydrogen-bond donors (Lipinski definition) is 1. The molecule has 4 rings (SSSR count). The Bertz CT molecular complexity index is 864. The number of thiazole rings is 1. The van der Waals surface area contributed by atoms with E-state index in [1.165, 1.54) is 11.3 Å². The van der Waals surface area contributed by atoms with Crippen LogP contribution >= 0.6 is 22.9 Å². The van der Waals surface area contributed by atoms with Crippen LogP contribution in [0.2, 0.25) is 4.47 Å². The predicted molar refractivity (Wildman–Crippen MR) is 90.0 cm³/mol. The van der Waals surface area contributed by atoms with Gasteiger partial charge in [0.1, 0.15) is 5.69 Å². The van der Waals surface area contributed by atoms with Crippen molar-refractivity contribution in [2.45, 2.75) is 12.3 Å². The van der Waals surface area contributed by atoms with Crippen LogP contribution in [0.4, 0.5) is 0 Å². The predicted octanol–water partition coefficient (Wildman–Crippen LogP) is 2.61. The normalized spacial score (nSPS) is 17.4. The average Bonchev–Trinajstić information content (AvgIpc) is 3.35. The number of H-pyrrole nitrogens is 1. The summed E-state index contributed by atoms with van der Waals surface area (Å²) >= 11 is 7.38. The second kappa shape index (κ2) is 6.29. The summed E-state index contributed by atoms with van der Waals surface area (Å²) < 4.78 is 0.541. The largest absolute Gasteiger partial charge is 0.337 e. The number of nitrogens with zero attached hydrogens (tertiary/aromatic N) is 5. The summed E-state index contributed by atoms with van der Waals surface area (Å²) in [7, 11) is 0. The number of rotatable bonds is 3. The third-order valence-corrected chi connectivity index (χ3v) is 5.34. The van der Waals surface area contributed by atoms with Crippen LogP contribution in [0, 0.1) is 0 Å². The van der Waals surface area contributed by atoms with Crippen LogP contribution in [-0.2, 0) is 0 Å². The molecule has 1 atom stereocenters. The Morgan fingerprint density at radius 2 is 2.29 bits per heavy atom. The van der Waals surface area contributed by atoms with Gasteiger partial charge in [-0.25, -0.2) is 4.98 Å². The van der Waals surface area contributed by atoms with Crippen LogP contribution < -0.4 is 0 Å². The first-order chi connectivity index (χ1) is 11.7. The Kier molecular flexibility index (Phi) is 3.99. The van der Waals surface area contributed by atoms with Gasteiger partial charge in [0, 0.05) is 35.6 Å². The summed E-state index contributed by atoms with van der Waals surface area (Å²) in [6.07, 6.45) is 5.93. The molecule has 0 aliphatic carbocycles. The minimum absolute atomic E-state index is 0.0473. The molecule has 1 aliphatic rings. The smallest absolute Gasteiger partial charge is 0.271 e. The van der Waals surface area contributed by atoms with Crippen molar-refractivity contribution in [2.24, 2.45) is 0 Å². The maximum atomic E-state index is 12.7. The van der Waals surface area contributed by atoms with E-state index in [9.17, 15) is 4.79 Å². The maximum absolute atomic E-state index is 12.7. The summed E-state index contributed by atoms with van der Waals surface area (Å²) in [6, 6.07) is 3.55. The molecule has 1 amide bonds. The van der Waals surface area contributed by atoms with Crippen LogP contribution in [0.5, 0.6) is 0 Å². The first-order valence-corrected chi connectivity index (χ1v) is 8.63. The lowest BCUT2D eigenvalue weighted by atomic mass is 10.1. The summed E-state index contributed by atoms with van der Waals surface area (Å²) in [5, 5.41) is 14.6. The van der Waals surface area contributed by atoms with Gasteiger partial charge in [0.05, 0.1) is 18.1 Å². The van der Waals surface area contributed by atoms with Gasteiger partial charge in [0.15, 0.2) is 4.47 Å². The van der Waals surface area contributed by atoms with Gasteiger partial charge in [0.2, 0.25) is 0 Å². The molecule has 9 heteroatoms. The lowest BCUT2D eigenvalue weighted by molar-refractivity contribution is 0.0785. The fraction of sp³-hybridized carbons (Fsp3) is 0.267. The first-order valence-electron chi connectivity index (χ1n) is 7.43. The van der Waals surface area contributed by atoms with E-state index in [2.05, 4.69) is 25.4 Å². The number of aromatic amines is 1. The van der Waals surface area contributed by atoms with E-state index in [-0.39, 0.29) is 5.91 Å². The number of nitrogens with one attached hydrogen (secondary N) is 1. The maximum Gasteiger partial charge on any atom is 0.271 e. The van der Waals surface area contributed by atoms with E-state index in [0.717, 1.165) is 16.9 Å². The van der Waals surface area contributed by atoms with Crippen molar-refractivity contribution < 1.29 is 4.79 Å². The molecule has 0 saturated carbocycles. The van der Waals surface area contributed by atoms with Crippen molar-refractivity contribution in [1.82, 2.24) is 30.3 Å². The molecule has 3 aromatic rings. The second-order valence-electron chi connectivity index (χ2n) is 5.55. The highest BCUT2D eigenvalue weighted by Gasteiger charge is 2.30. The molecular formula is C15H13ClN6OS. The Hall–Kier alpha value is -2.32. The first kappa shape index (κ1) is 15.2. The van der Waals surface area contributed by atoms with E-state index < -0.39 is 0 Å². The van der Waals surface area contributed by atoms with E-state index in [1.54, 1.807) is 30.7 Å². The van der Waals surface area contributed by atoms with Gasteiger partial charge in [-0.3, -0.25) is 9.89 Å². The van der Waals surface area contributed by atoms with E-state index in [0.29, 0.717) is 34.9 Å². The standard InChI is InChI=1S/C15H13ClN6OS/c16-15-17-7-13(24-15)10-2-4-22(8-10)14(23)12-5-11(20-21-12)9-1-3-18-19-6-9/h1,3,5-7,10H,2,4,8H2,(H,20,21). The Balaban J connectivity index is 1.48. The SMILES string of the molecule is O=C(c1cc(-c2ccnnc2)n[nH]1)N1CCC(c2cnc(Cl)s2)C1. The minimum atomic E-state index is -0.0473. The zero-order chi connectivity index (χ0) is 16.5. The Morgan fingerprint density at radius 3 is 3.04 bits per heavy atom. The Labute approximate surface area is 146 Å². The van der Waals surface area contributed by atoms with Gasteiger partial charge in [-0.05, 0) is 18.6 Å². The molecule has 1 saturated heterocycles. The number of carbonyl (C=O) groups excluding carboxylic acids is 1. The molecule has 0 bridgehead atoms. The van der Waals surface area contributed by atoms with Crippen molar-refractivity contribution in [3.05, 3.63) is 45.8 Å². The number of halogens is 1. The van der Waals surface area contributed by atoms with Crippen molar-refractivity contribution >= 4 is 28.8 Å². The molecule has 4 heterocycles. The lowest BCUT2D eigenvalue weighted by Crippen LogP contribution is -2.28. The van der Waals surface area contributed by atoms with E-state index in [1.807, 2.05) is 4.90 Å². The molecule has 1 fully saturated rings. The van der Waals surface area contributed by atoms with Gasteiger partial charge in [-0.2, -0.15) is 15.3 Å². The summed E-state index contributed by atoms with van der Waals surface area (Å²) in [6.45, 7) is 1.38. The van der Waals surface area contributed by atoms with Crippen molar-refractivity contribution in [2.75, 3.05) is 13.1 Å². The monoisotopic (exact) mass is 360 g/mol. The average molecular weight is 361 g/mol. The zero-order valence-corrected chi connectivity index (χ0v) is 14.1. The van der Waals surface area contributed by atoms with Crippen molar-refractivity contribution in [1.29, 1.82) is 0 Å². The molecule has 1 N–H and O–H groups in total. The summed E-state index contributed by atoms with van der Waals surface area (Å²) in [4.78, 5) is 19.7. The van der Waals surface area contributed by atoms with E-state index >= 15 is 0 Å². The highest BCUT2D eigenvalue weighted by molar-refractivity contribution is 7.15. The number of likely N-dealkylation sites (tertiary alicyclic amines) is 1. The fourth-order valence-electron chi connectivity index (χ4n) is 2.82. The molecule has 7 nitrogen and oxygen atoms in total.